The number of nitrogens with zero attached hydrogens (tertiary/aromatic N) is 2. The second-order valence-corrected chi connectivity index (χ2v) is 7.48. The van der Waals surface area contributed by atoms with Gasteiger partial charge in [0.1, 0.15) is 6.04 Å². The van der Waals surface area contributed by atoms with Crippen LogP contribution >= 0.6 is 0 Å². The molecule has 148 valence electrons. The molecule has 1 atom stereocenters. The van der Waals surface area contributed by atoms with Gasteiger partial charge in [-0.05, 0) is 17.9 Å². The summed E-state index contributed by atoms with van der Waals surface area (Å²) in [5.74, 6) is -1.27. The van der Waals surface area contributed by atoms with E-state index < -0.39 is 35.9 Å². The van der Waals surface area contributed by atoms with Gasteiger partial charge in [0.2, 0.25) is 5.91 Å². The van der Waals surface area contributed by atoms with Crippen molar-refractivity contribution in [2.75, 3.05) is 0 Å². The normalized spacial score (nSPS) is 13.6. The molecule has 1 aromatic heterocycles. The van der Waals surface area contributed by atoms with Gasteiger partial charge in [0.05, 0.1) is 5.52 Å². The van der Waals surface area contributed by atoms with E-state index in [1.807, 2.05) is 0 Å². The molecule has 1 heterocycles. The first kappa shape index (κ1) is 20.7. The summed E-state index contributed by atoms with van der Waals surface area (Å²) in [6, 6.07) is 5.85. The van der Waals surface area contributed by atoms with Gasteiger partial charge >= 0.3 is 6.18 Å². The molecule has 2 rings (SSSR count). The van der Waals surface area contributed by atoms with E-state index in [1.165, 1.54) is 4.68 Å². The molecular weight excluding hydrogens is 361 g/mol. The summed E-state index contributed by atoms with van der Waals surface area (Å²) in [5.41, 5.74) is 5.38. The van der Waals surface area contributed by atoms with Crippen molar-refractivity contribution in [1.29, 1.82) is 0 Å². The Morgan fingerprint density at radius 3 is 2.41 bits per heavy atom. The molecule has 0 saturated heterocycles. The molecule has 1 aromatic carbocycles. The molecule has 0 fully saturated rings. The number of primary amides is 1. The second-order valence-electron chi connectivity index (χ2n) is 7.48. The third-order valence-corrected chi connectivity index (χ3v) is 4.13. The molecule has 0 bridgehead atoms. The summed E-state index contributed by atoms with van der Waals surface area (Å²) in [6.07, 6.45) is -5.33. The summed E-state index contributed by atoms with van der Waals surface area (Å²) in [5, 5.41) is 7.28. The Kier molecular flexibility index (Phi) is 5.82. The second kappa shape index (κ2) is 7.58. The molecule has 2 amide bonds. The maximum atomic E-state index is 12.7. The number of nitrogens with one attached hydrogen (secondary N) is 1. The Hall–Kier alpha value is -2.58. The molecule has 2 aromatic rings. The average molecular weight is 384 g/mol. The van der Waals surface area contributed by atoms with Crippen molar-refractivity contribution in [1.82, 2.24) is 15.1 Å². The van der Waals surface area contributed by atoms with Gasteiger partial charge in [-0.1, -0.05) is 39.0 Å². The number of carbonyl (C=O) groups is 2. The quantitative estimate of drug-likeness (QED) is 0.802. The van der Waals surface area contributed by atoms with Crippen LogP contribution in [0.3, 0.4) is 0 Å². The van der Waals surface area contributed by atoms with E-state index in [4.69, 9.17) is 5.73 Å². The SMILES string of the molecule is CC(C)(C)C(NC(=O)c1nn(CCCC(F)(F)F)c2ccccc12)C(N)=O. The molecular formula is C18H23F3N4O2. The monoisotopic (exact) mass is 384 g/mol. The minimum absolute atomic E-state index is 0.0197. The lowest BCUT2D eigenvalue weighted by atomic mass is 9.86. The van der Waals surface area contributed by atoms with Crippen LogP contribution in [-0.4, -0.2) is 33.8 Å². The highest BCUT2D eigenvalue weighted by molar-refractivity contribution is 6.06. The number of aryl methyl sites for hydroxylation is 1. The fourth-order valence-electron chi connectivity index (χ4n) is 2.81. The highest BCUT2D eigenvalue weighted by atomic mass is 19.4. The van der Waals surface area contributed by atoms with Crippen LogP contribution < -0.4 is 11.1 Å². The molecule has 6 nitrogen and oxygen atoms in total. The summed E-state index contributed by atoms with van der Waals surface area (Å²) in [4.78, 5) is 24.4. The van der Waals surface area contributed by atoms with Crippen molar-refractivity contribution in [3.63, 3.8) is 0 Å². The summed E-state index contributed by atoms with van der Waals surface area (Å²) in [6.45, 7) is 5.30. The third-order valence-electron chi connectivity index (χ3n) is 4.13. The molecule has 0 radical (unpaired) electrons. The standard InChI is InChI=1S/C18H23F3N4O2/c1-17(2,3)14(15(22)26)23-16(27)13-11-7-4-5-8-12(11)25(24-13)10-6-9-18(19,20)21/h4-5,7-8,14H,6,9-10H2,1-3H3,(H2,22,26)(H,23,27). The molecule has 27 heavy (non-hydrogen) atoms. The van der Waals surface area contributed by atoms with Gasteiger partial charge in [-0.2, -0.15) is 18.3 Å². The van der Waals surface area contributed by atoms with E-state index in [-0.39, 0.29) is 18.7 Å². The van der Waals surface area contributed by atoms with Crippen LogP contribution in [0.4, 0.5) is 13.2 Å². The summed E-state index contributed by atoms with van der Waals surface area (Å²) < 4.78 is 38.6. The van der Waals surface area contributed by atoms with Crippen molar-refractivity contribution in [3.05, 3.63) is 30.0 Å². The van der Waals surface area contributed by atoms with E-state index in [9.17, 15) is 22.8 Å². The van der Waals surface area contributed by atoms with E-state index in [1.54, 1.807) is 45.0 Å². The molecule has 0 aliphatic heterocycles. The van der Waals surface area contributed by atoms with Crippen LogP contribution in [-0.2, 0) is 11.3 Å². The molecule has 0 aliphatic carbocycles. The first-order chi connectivity index (χ1) is 12.4. The maximum Gasteiger partial charge on any atom is 0.389 e. The third kappa shape index (κ3) is 5.21. The number of fused-ring (bicyclic) bond motifs is 1. The number of hydrogen-bond donors (Lipinski definition) is 2. The van der Waals surface area contributed by atoms with Crippen LogP contribution in [0.1, 0.15) is 44.1 Å². The Morgan fingerprint density at radius 2 is 1.85 bits per heavy atom. The highest BCUT2D eigenvalue weighted by Crippen LogP contribution is 2.24. The molecule has 0 spiro atoms. The van der Waals surface area contributed by atoms with Crippen LogP contribution in [0.2, 0.25) is 0 Å². The van der Waals surface area contributed by atoms with Gasteiger partial charge in [-0.3, -0.25) is 14.3 Å². The number of alkyl halides is 3. The molecule has 0 saturated carbocycles. The number of carbonyl (C=O) groups excluding carboxylic acids is 2. The van der Waals surface area contributed by atoms with E-state index in [0.717, 1.165) is 0 Å². The number of rotatable bonds is 6. The van der Waals surface area contributed by atoms with Crippen LogP contribution in [0.5, 0.6) is 0 Å². The van der Waals surface area contributed by atoms with Crippen molar-refractivity contribution in [2.24, 2.45) is 11.1 Å². The van der Waals surface area contributed by atoms with Gasteiger partial charge in [-0.15, -0.1) is 0 Å². The Labute approximate surface area is 154 Å². The first-order valence-corrected chi connectivity index (χ1v) is 8.52. The zero-order valence-electron chi connectivity index (χ0n) is 15.4. The lowest BCUT2D eigenvalue weighted by molar-refractivity contribution is -0.136. The fourth-order valence-corrected chi connectivity index (χ4v) is 2.81. The summed E-state index contributed by atoms with van der Waals surface area (Å²) >= 11 is 0. The van der Waals surface area contributed by atoms with Gasteiger partial charge in [0.25, 0.3) is 5.91 Å². The average Bonchev–Trinajstić information content (AvgIpc) is 2.89. The molecule has 1 unspecified atom stereocenters. The molecule has 3 N–H and O–H groups in total. The number of aromatic nitrogens is 2. The van der Waals surface area contributed by atoms with Crippen LogP contribution in [0, 0.1) is 5.41 Å². The number of benzene rings is 1. The van der Waals surface area contributed by atoms with Gasteiger partial charge in [0, 0.05) is 18.4 Å². The number of halogens is 3. The fraction of sp³-hybridized carbons (Fsp3) is 0.500. The van der Waals surface area contributed by atoms with Crippen LogP contribution in [0.25, 0.3) is 10.9 Å². The number of nitrogens with two attached hydrogens (primary N) is 1. The van der Waals surface area contributed by atoms with E-state index in [0.29, 0.717) is 10.9 Å². The first-order valence-electron chi connectivity index (χ1n) is 8.52. The highest BCUT2D eigenvalue weighted by Gasteiger charge is 2.32. The minimum Gasteiger partial charge on any atom is -0.368 e. The van der Waals surface area contributed by atoms with Crippen LogP contribution in [0.15, 0.2) is 24.3 Å². The maximum absolute atomic E-state index is 12.7. The zero-order chi connectivity index (χ0) is 20.4. The van der Waals surface area contributed by atoms with Gasteiger partial charge < -0.3 is 11.1 Å². The van der Waals surface area contributed by atoms with Crippen molar-refractivity contribution >= 4 is 22.7 Å². The van der Waals surface area contributed by atoms with Gasteiger partial charge in [-0.25, -0.2) is 0 Å². The van der Waals surface area contributed by atoms with Gasteiger partial charge in [0.15, 0.2) is 5.69 Å². The van der Waals surface area contributed by atoms with E-state index in [2.05, 4.69) is 10.4 Å². The molecule has 0 aliphatic rings. The lowest BCUT2D eigenvalue weighted by Gasteiger charge is -2.28. The van der Waals surface area contributed by atoms with Crippen molar-refractivity contribution in [2.45, 2.75) is 52.4 Å². The number of para-hydroxylation sites is 1. The Balaban J connectivity index is 2.30. The Bertz CT molecular complexity index is 837. The number of hydrogen-bond acceptors (Lipinski definition) is 3. The number of amides is 2. The van der Waals surface area contributed by atoms with Crippen molar-refractivity contribution < 1.29 is 22.8 Å². The van der Waals surface area contributed by atoms with E-state index >= 15 is 0 Å². The topological polar surface area (TPSA) is 90.0 Å². The molecule has 9 heteroatoms. The predicted octanol–water partition coefficient (Wildman–Crippen LogP) is 3.01. The lowest BCUT2D eigenvalue weighted by Crippen LogP contribution is -2.52. The smallest absolute Gasteiger partial charge is 0.368 e. The predicted molar refractivity (Wildman–Crippen MR) is 94.9 cm³/mol. The summed E-state index contributed by atoms with van der Waals surface area (Å²) in [7, 11) is 0. The van der Waals surface area contributed by atoms with Crippen molar-refractivity contribution in [3.8, 4) is 0 Å². The Morgan fingerprint density at radius 1 is 1.22 bits per heavy atom. The minimum atomic E-state index is -4.25. The largest absolute Gasteiger partial charge is 0.389 e. The zero-order valence-corrected chi connectivity index (χ0v) is 15.4.